The van der Waals surface area contributed by atoms with Crippen LogP contribution in [0.15, 0.2) is 85.1 Å². The first-order valence-corrected chi connectivity index (χ1v) is 15.2. The van der Waals surface area contributed by atoms with Crippen molar-refractivity contribution >= 4 is 5.69 Å². The van der Waals surface area contributed by atoms with E-state index in [1.165, 1.54) is 12.1 Å². The van der Waals surface area contributed by atoms with Crippen LogP contribution in [0.5, 0.6) is 5.75 Å². The van der Waals surface area contributed by atoms with Crippen molar-refractivity contribution < 1.29 is 33.9 Å². The molecule has 0 saturated carbocycles. The summed E-state index contributed by atoms with van der Waals surface area (Å²) in [5.74, 6) is -0.186. The van der Waals surface area contributed by atoms with Crippen LogP contribution >= 0.6 is 0 Å². The highest BCUT2D eigenvalue weighted by atomic mass is 19.1. The molecule has 12 heteroatoms. The summed E-state index contributed by atoms with van der Waals surface area (Å²) in [5.41, 5.74) is 2.83. The zero-order valence-corrected chi connectivity index (χ0v) is 24.5. The zero-order valence-electron chi connectivity index (χ0n) is 24.5. The lowest BCUT2D eigenvalue weighted by atomic mass is 9.91. The summed E-state index contributed by atoms with van der Waals surface area (Å²) >= 11 is 0. The maximum absolute atomic E-state index is 14.0. The van der Waals surface area contributed by atoms with Crippen molar-refractivity contribution in [1.29, 1.82) is 0 Å². The predicted octanol–water partition coefficient (Wildman–Crippen LogP) is 2.76. The van der Waals surface area contributed by atoms with Gasteiger partial charge in [-0.05, 0) is 36.4 Å². The van der Waals surface area contributed by atoms with Crippen LogP contribution in [-0.2, 0) is 14.2 Å². The van der Waals surface area contributed by atoms with E-state index in [9.17, 15) is 19.7 Å². The molecule has 0 bridgehead atoms. The number of nitrogens with zero attached hydrogens (tertiary/aromatic N) is 5. The SMILES string of the molecule is OCC1CN(C[C@@H]2O[C@@H]3COC(c4ccccc4)O[C@@H]3[C@H](n3cc(-c4cccc(F)c4)nn3)[C@H]2O)CCN1c1ccc(O)cc1. The normalized spacial score (nSPS) is 29.0. The molecule has 236 valence electrons. The summed E-state index contributed by atoms with van der Waals surface area (Å²) in [6, 6.07) is 21.9. The van der Waals surface area contributed by atoms with E-state index in [2.05, 4.69) is 20.1 Å². The third-order valence-electron chi connectivity index (χ3n) is 8.88. The van der Waals surface area contributed by atoms with Gasteiger partial charge in [0.1, 0.15) is 41.6 Å². The van der Waals surface area contributed by atoms with Crippen LogP contribution in [0.3, 0.4) is 0 Å². The Morgan fingerprint density at radius 1 is 0.956 bits per heavy atom. The van der Waals surface area contributed by atoms with Gasteiger partial charge in [0.05, 0.1) is 31.6 Å². The highest BCUT2D eigenvalue weighted by Crippen LogP contribution is 2.40. The first kappa shape index (κ1) is 29.8. The lowest BCUT2D eigenvalue weighted by molar-refractivity contribution is -0.317. The van der Waals surface area contributed by atoms with Gasteiger partial charge in [-0.25, -0.2) is 9.07 Å². The summed E-state index contributed by atoms with van der Waals surface area (Å²) in [4.78, 5) is 4.31. The van der Waals surface area contributed by atoms with Gasteiger partial charge in [0.2, 0.25) is 0 Å². The molecule has 3 saturated heterocycles. The standard InChI is InChI=1S/C33H36FN5O6/c34-23-8-4-7-22(15-23)27-17-39(36-35-27)30-31(42)28(44-29-20-43-33(45-32(29)30)21-5-2-1-3-6-21)18-37-13-14-38(25(16-37)19-40)24-9-11-26(41)12-10-24/h1-12,15,17,25,28-33,40-42H,13-14,16,18-20H2/t25?,28-,29+,30+,31-,32-,33?/m0/s1. The Labute approximate surface area is 260 Å². The van der Waals surface area contributed by atoms with Crippen molar-refractivity contribution in [2.45, 2.75) is 42.8 Å². The van der Waals surface area contributed by atoms with Crippen molar-refractivity contribution in [3.8, 4) is 17.0 Å². The molecule has 3 aromatic carbocycles. The van der Waals surface area contributed by atoms with E-state index in [-0.39, 0.29) is 30.8 Å². The number of rotatable bonds is 7. The summed E-state index contributed by atoms with van der Waals surface area (Å²) in [6.07, 6.45) is -1.67. The van der Waals surface area contributed by atoms with E-state index >= 15 is 0 Å². The van der Waals surface area contributed by atoms with Gasteiger partial charge in [-0.3, -0.25) is 4.90 Å². The first-order chi connectivity index (χ1) is 22.0. The van der Waals surface area contributed by atoms with Gasteiger partial charge < -0.3 is 34.4 Å². The molecule has 7 rings (SSSR count). The molecule has 11 nitrogen and oxygen atoms in total. The number of piperazine rings is 1. The number of aliphatic hydroxyl groups is 2. The van der Waals surface area contributed by atoms with Crippen LogP contribution in [0.2, 0.25) is 0 Å². The number of ether oxygens (including phenoxy) is 3. The molecule has 3 aliphatic heterocycles. The quantitative estimate of drug-likeness (QED) is 0.285. The van der Waals surface area contributed by atoms with E-state index < -0.39 is 36.7 Å². The lowest BCUT2D eigenvalue weighted by Gasteiger charge is -2.50. The molecule has 4 heterocycles. The van der Waals surface area contributed by atoms with Gasteiger partial charge in [0.15, 0.2) is 6.29 Å². The fraction of sp³-hybridized carbons (Fsp3) is 0.394. The molecule has 3 fully saturated rings. The highest BCUT2D eigenvalue weighted by Gasteiger charge is 2.51. The average molecular weight is 618 g/mol. The minimum atomic E-state index is -1.02. The number of aliphatic hydroxyl groups excluding tert-OH is 2. The molecule has 45 heavy (non-hydrogen) atoms. The third-order valence-corrected chi connectivity index (χ3v) is 8.88. The Hall–Kier alpha value is -3.91. The second-order valence-electron chi connectivity index (χ2n) is 11.8. The first-order valence-electron chi connectivity index (χ1n) is 15.2. The van der Waals surface area contributed by atoms with Crippen LogP contribution in [0.4, 0.5) is 10.1 Å². The van der Waals surface area contributed by atoms with Gasteiger partial charge in [-0.15, -0.1) is 5.10 Å². The van der Waals surface area contributed by atoms with Gasteiger partial charge in [-0.2, -0.15) is 0 Å². The number of phenols is 1. The lowest BCUT2D eigenvalue weighted by Crippen LogP contribution is -2.63. The molecule has 7 atom stereocenters. The third kappa shape index (κ3) is 6.17. The summed E-state index contributed by atoms with van der Waals surface area (Å²) in [5, 5.41) is 40.5. The Kier molecular flexibility index (Phi) is 8.49. The van der Waals surface area contributed by atoms with E-state index in [0.29, 0.717) is 37.4 Å². The Morgan fingerprint density at radius 2 is 1.78 bits per heavy atom. The molecular weight excluding hydrogens is 581 g/mol. The van der Waals surface area contributed by atoms with E-state index in [4.69, 9.17) is 14.2 Å². The largest absolute Gasteiger partial charge is 0.508 e. The number of phenolic OH excluding ortho intramolecular Hbond substituents is 1. The maximum atomic E-state index is 14.0. The number of aromatic nitrogens is 3. The van der Waals surface area contributed by atoms with Crippen LogP contribution in [0, 0.1) is 5.82 Å². The fourth-order valence-corrected chi connectivity index (χ4v) is 6.61. The molecule has 0 amide bonds. The number of hydrogen-bond acceptors (Lipinski definition) is 10. The smallest absolute Gasteiger partial charge is 0.184 e. The molecule has 3 aliphatic rings. The number of hydrogen-bond donors (Lipinski definition) is 3. The van der Waals surface area contributed by atoms with Gasteiger partial charge in [0, 0.05) is 43.0 Å². The van der Waals surface area contributed by atoms with Gasteiger partial charge in [0.25, 0.3) is 0 Å². The Balaban J connectivity index is 1.13. The monoisotopic (exact) mass is 617 g/mol. The number of halogens is 1. The molecule has 0 radical (unpaired) electrons. The second-order valence-corrected chi connectivity index (χ2v) is 11.8. The van der Waals surface area contributed by atoms with Crippen LogP contribution in [0.25, 0.3) is 11.3 Å². The summed E-state index contributed by atoms with van der Waals surface area (Å²) in [7, 11) is 0. The number of aromatic hydroxyl groups is 1. The molecule has 2 unspecified atom stereocenters. The van der Waals surface area contributed by atoms with Crippen molar-refractivity contribution in [2.24, 2.45) is 0 Å². The van der Waals surface area contributed by atoms with E-state index in [1.807, 2.05) is 42.5 Å². The van der Waals surface area contributed by atoms with Crippen molar-refractivity contribution in [3.63, 3.8) is 0 Å². The Bertz CT molecular complexity index is 1580. The summed E-state index contributed by atoms with van der Waals surface area (Å²) in [6.45, 7) is 2.50. The van der Waals surface area contributed by atoms with Crippen molar-refractivity contribution in [3.05, 3.63) is 96.4 Å². The Morgan fingerprint density at radius 3 is 2.56 bits per heavy atom. The number of benzene rings is 3. The molecular formula is C33H36FN5O6. The van der Waals surface area contributed by atoms with Gasteiger partial charge >= 0.3 is 0 Å². The number of anilines is 1. The summed E-state index contributed by atoms with van der Waals surface area (Å²) < 4.78 is 34.6. The van der Waals surface area contributed by atoms with Crippen LogP contribution < -0.4 is 4.90 Å². The topological polar surface area (TPSA) is 126 Å². The predicted molar refractivity (Wildman–Crippen MR) is 162 cm³/mol. The van der Waals surface area contributed by atoms with Crippen molar-refractivity contribution in [2.75, 3.05) is 44.3 Å². The van der Waals surface area contributed by atoms with Crippen LogP contribution in [-0.4, -0.2) is 105 Å². The van der Waals surface area contributed by atoms with E-state index in [0.717, 1.165) is 11.3 Å². The fourth-order valence-electron chi connectivity index (χ4n) is 6.61. The molecule has 0 spiro atoms. The molecule has 0 aliphatic carbocycles. The van der Waals surface area contributed by atoms with Crippen LogP contribution in [0.1, 0.15) is 17.9 Å². The second kappa shape index (κ2) is 12.8. The molecule has 4 aromatic rings. The molecule has 3 N–H and O–H groups in total. The van der Waals surface area contributed by atoms with Gasteiger partial charge in [-0.1, -0.05) is 47.7 Å². The number of fused-ring (bicyclic) bond motifs is 1. The minimum absolute atomic E-state index is 0.0524. The maximum Gasteiger partial charge on any atom is 0.184 e. The minimum Gasteiger partial charge on any atom is -0.508 e. The highest BCUT2D eigenvalue weighted by molar-refractivity contribution is 5.57. The zero-order chi connectivity index (χ0) is 30.9. The molecule has 1 aromatic heterocycles. The average Bonchev–Trinajstić information content (AvgIpc) is 3.56. The van der Waals surface area contributed by atoms with E-state index in [1.54, 1.807) is 35.1 Å². The van der Waals surface area contributed by atoms with Crippen molar-refractivity contribution in [1.82, 2.24) is 19.9 Å².